The number of nitrogens with one attached hydrogen (secondary N) is 1. The van der Waals surface area contributed by atoms with Gasteiger partial charge in [0.1, 0.15) is 0 Å². The van der Waals surface area contributed by atoms with E-state index < -0.39 is 5.41 Å². The Kier molecular flexibility index (Phi) is 5.40. The number of hydroxylamine groups is 1. The molecule has 4 fully saturated rings. The molecule has 1 amide bonds. The van der Waals surface area contributed by atoms with E-state index in [4.69, 9.17) is 0 Å². The van der Waals surface area contributed by atoms with Crippen LogP contribution in [0.1, 0.15) is 106 Å². The molecule has 0 heterocycles. The third-order valence-corrected chi connectivity index (χ3v) is 13.2. The topological polar surface area (TPSA) is 86.6 Å². The molecule has 0 aliphatic heterocycles. The molecule has 196 valence electrons. The predicted octanol–water partition coefficient (Wildman–Crippen LogP) is 5.83. The number of allylic oxidation sites excluding steroid dienone is 2. The fraction of sp³-hybridized carbons (Fsp3) is 0.867. The minimum absolute atomic E-state index is 0.0330. The van der Waals surface area contributed by atoms with Gasteiger partial charge in [-0.25, -0.2) is 5.48 Å². The van der Waals surface area contributed by atoms with Gasteiger partial charge in [0, 0.05) is 11.3 Å². The van der Waals surface area contributed by atoms with Crippen LogP contribution in [-0.2, 0) is 9.59 Å². The van der Waals surface area contributed by atoms with Crippen LogP contribution in [0.25, 0.3) is 0 Å². The first-order valence-corrected chi connectivity index (χ1v) is 14.0. The Hall–Kier alpha value is -1.20. The zero-order valence-electron chi connectivity index (χ0n) is 23.0. The van der Waals surface area contributed by atoms with Gasteiger partial charge >= 0.3 is 0 Å². The van der Waals surface area contributed by atoms with Gasteiger partial charge in [0.15, 0.2) is 5.78 Å². The molecule has 0 spiro atoms. The first-order chi connectivity index (χ1) is 16.1. The molecule has 9 atom stereocenters. The van der Waals surface area contributed by atoms with E-state index in [0.717, 1.165) is 51.4 Å². The van der Waals surface area contributed by atoms with Crippen molar-refractivity contribution >= 4 is 11.7 Å². The van der Waals surface area contributed by atoms with Gasteiger partial charge in [-0.3, -0.25) is 14.8 Å². The summed E-state index contributed by atoms with van der Waals surface area (Å²) in [5.74, 6) is 0.458. The summed E-state index contributed by atoms with van der Waals surface area (Å²) in [5.41, 5.74) is 2.16. The van der Waals surface area contributed by atoms with Gasteiger partial charge in [0.2, 0.25) is 5.91 Å². The highest BCUT2D eigenvalue weighted by Crippen LogP contribution is 2.75. The van der Waals surface area contributed by atoms with E-state index in [2.05, 4.69) is 41.5 Å². The molecule has 3 N–H and O–H groups in total. The molecule has 5 heteroatoms. The van der Waals surface area contributed by atoms with Gasteiger partial charge in [0.05, 0.1) is 6.10 Å². The maximum Gasteiger partial charge on any atom is 0.249 e. The van der Waals surface area contributed by atoms with E-state index in [1.807, 2.05) is 18.5 Å². The van der Waals surface area contributed by atoms with Crippen LogP contribution in [0, 0.1) is 50.2 Å². The second kappa shape index (κ2) is 7.43. The summed E-state index contributed by atoms with van der Waals surface area (Å²) in [4.78, 5) is 26.9. The lowest BCUT2D eigenvalue weighted by Crippen LogP contribution is -2.66. The fourth-order valence-electron chi connectivity index (χ4n) is 10.5. The number of aliphatic hydroxyl groups excluding tert-OH is 1. The van der Waals surface area contributed by atoms with Gasteiger partial charge in [-0.15, -0.1) is 0 Å². The van der Waals surface area contributed by atoms with Crippen molar-refractivity contribution in [2.75, 3.05) is 0 Å². The Labute approximate surface area is 211 Å². The highest BCUT2D eigenvalue weighted by molar-refractivity contribution is 5.95. The highest BCUT2D eigenvalue weighted by Gasteiger charge is 2.70. The van der Waals surface area contributed by atoms with E-state index in [1.165, 1.54) is 5.57 Å². The van der Waals surface area contributed by atoms with Crippen molar-refractivity contribution in [2.45, 2.75) is 112 Å². The van der Waals surface area contributed by atoms with Gasteiger partial charge in [0.25, 0.3) is 0 Å². The third-order valence-electron chi connectivity index (χ3n) is 13.2. The Morgan fingerprint density at radius 3 is 2.26 bits per heavy atom. The zero-order chi connectivity index (χ0) is 25.8. The molecule has 0 saturated heterocycles. The van der Waals surface area contributed by atoms with E-state index in [1.54, 1.807) is 0 Å². The van der Waals surface area contributed by atoms with Crippen LogP contribution < -0.4 is 5.48 Å². The van der Waals surface area contributed by atoms with Crippen LogP contribution in [-0.4, -0.2) is 28.1 Å². The molecule has 0 bridgehead atoms. The fourth-order valence-corrected chi connectivity index (χ4v) is 10.5. The number of amides is 1. The first kappa shape index (κ1) is 25.4. The van der Waals surface area contributed by atoms with Crippen molar-refractivity contribution in [3.63, 3.8) is 0 Å². The van der Waals surface area contributed by atoms with Crippen molar-refractivity contribution in [3.8, 4) is 0 Å². The lowest BCUT2D eigenvalue weighted by atomic mass is 9.33. The molecule has 5 rings (SSSR count). The lowest BCUT2D eigenvalue weighted by molar-refractivity contribution is -0.202. The van der Waals surface area contributed by atoms with Crippen LogP contribution in [0.5, 0.6) is 0 Å². The van der Waals surface area contributed by atoms with Gasteiger partial charge in [-0.1, -0.05) is 54.0 Å². The Balaban J connectivity index is 1.61. The number of hydrogen-bond acceptors (Lipinski definition) is 4. The molecule has 5 aliphatic rings. The Morgan fingerprint density at radius 1 is 0.943 bits per heavy atom. The minimum Gasteiger partial charge on any atom is -0.393 e. The average molecular weight is 486 g/mol. The maximum absolute atomic E-state index is 14.3. The number of rotatable bonds is 1. The third kappa shape index (κ3) is 3.06. The SMILES string of the molecule is CC1(C)C2CC[C@]3(C)[C@H](C(=O)C=C4[C@H]5C[C@@](C)(C(=O)NO)CC[C@]5(C)CC[C@]43C)[C@@]2(C)CC[C@@H]1O. The first-order valence-electron chi connectivity index (χ1n) is 14.0. The van der Waals surface area contributed by atoms with Crippen LogP contribution >= 0.6 is 0 Å². The Bertz CT molecular complexity index is 987. The lowest BCUT2D eigenvalue weighted by Gasteiger charge is -2.70. The summed E-state index contributed by atoms with van der Waals surface area (Å²) in [7, 11) is 0. The number of aliphatic hydroxyl groups is 1. The summed E-state index contributed by atoms with van der Waals surface area (Å²) in [5, 5.41) is 20.3. The van der Waals surface area contributed by atoms with Gasteiger partial charge in [-0.2, -0.15) is 0 Å². The molecular weight excluding hydrogens is 438 g/mol. The number of carbonyl (C=O) groups is 2. The quantitative estimate of drug-likeness (QED) is 0.322. The number of carbonyl (C=O) groups excluding carboxylic acids is 2. The van der Waals surface area contributed by atoms with Crippen LogP contribution in [0.4, 0.5) is 0 Å². The summed E-state index contributed by atoms with van der Waals surface area (Å²) in [6.45, 7) is 15.9. The molecule has 4 saturated carbocycles. The van der Waals surface area contributed by atoms with Crippen molar-refractivity contribution in [3.05, 3.63) is 11.6 Å². The largest absolute Gasteiger partial charge is 0.393 e. The molecule has 1 unspecified atom stereocenters. The number of hydrogen-bond donors (Lipinski definition) is 3. The molecule has 0 radical (unpaired) electrons. The van der Waals surface area contributed by atoms with E-state index in [9.17, 15) is 19.9 Å². The predicted molar refractivity (Wildman–Crippen MR) is 135 cm³/mol. The molecule has 5 aliphatic carbocycles. The number of ketones is 1. The Morgan fingerprint density at radius 2 is 1.60 bits per heavy atom. The van der Waals surface area contributed by atoms with Crippen LogP contribution in [0.2, 0.25) is 0 Å². The van der Waals surface area contributed by atoms with Gasteiger partial charge in [-0.05, 0) is 103 Å². The summed E-state index contributed by atoms with van der Waals surface area (Å²) >= 11 is 0. The van der Waals surface area contributed by atoms with Gasteiger partial charge < -0.3 is 5.11 Å². The highest BCUT2D eigenvalue weighted by atomic mass is 16.5. The van der Waals surface area contributed by atoms with E-state index in [-0.39, 0.29) is 56.7 Å². The normalized spacial score (nSPS) is 52.8. The summed E-state index contributed by atoms with van der Waals surface area (Å²) < 4.78 is 0. The average Bonchev–Trinajstić information content (AvgIpc) is 2.78. The molecule has 5 nitrogen and oxygen atoms in total. The minimum atomic E-state index is -0.619. The molecule has 35 heavy (non-hydrogen) atoms. The van der Waals surface area contributed by atoms with Crippen molar-refractivity contribution in [1.82, 2.24) is 5.48 Å². The molecule has 0 aromatic carbocycles. The zero-order valence-corrected chi connectivity index (χ0v) is 23.0. The summed E-state index contributed by atoms with van der Waals surface area (Å²) in [6.07, 6.45) is 10.0. The van der Waals surface area contributed by atoms with Crippen molar-refractivity contribution in [2.24, 2.45) is 50.2 Å². The van der Waals surface area contributed by atoms with E-state index in [0.29, 0.717) is 12.3 Å². The number of fused-ring (bicyclic) bond motifs is 7. The molecular formula is C30H47NO4. The smallest absolute Gasteiger partial charge is 0.249 e. The molecule has 0 aromatic heterocycles. The second-order valence-corrected chi connectivity index (χ2v) is 15.1. The van der Waals surface area contributed by atoms with Crippen molar-refractivity contribution in [1.29, 1.82) is 0 Å². The standard InChI is InChI=1S/C30H47NO4/c1-25(2)21-8-11-30(7)23(28(21,5)10-9-22(25)33)20(32)16-18-19-17-27(4,24(34)31-35)13-12-26(19,3)14-15-29(18,30)6/h16,19,21-23,33,35H,8-15,17H2,1-7H3,(H,31,34)/t19-,21?,22+,23-,26-,27+,28+,29-,30-/m1/s1. The van der Waals surface area contributed by atoms with Crippen LogP contribution in [0.15, 0.2) is 11.6 Å². The second-order valence-electron chi connectivity index (χ2n) is 15.1. The molecule has 0 aromatic rings. The van der Waals surface area contributed by atoms with Crippen molar-refractivity contribution < 1.29 is 19.9 Å². The van der Waals surface area contributed by atoms with E-state index >= 15 is 0 Å². The maximum atomic E-state index is 14.3. The monoisotopic (exact) mass is 485 g/mol. The summed E-state index contributed by atoms with van der Waals surface area (Å²) in [6, 6.07) is 0. The van der Waals surface area contributed by atoms with Crippen LogP contribution in [0.3, 0.4) is 0 Å².